The molecule has 0 atom stereocenters. The molecule has 10 N–H and O–H groups in total. The molecule has 10 aliphatic rings. The first-order valence-electron chi connectivity index (χ1n) is 36.6. The average Bonchev–Trinajstić information content (AvgIpc) is 1.57. The SMILES string of the molecule is CC(C)(C)OC(=O)N1C(=O)N(C(=O)OC(C)(C)C)C2(CCCCC2)C1=O.CCOC(=O)C1=C(O)C2(CCCCC2)NC1=O.CCOC(=O)CC(=O)NC1(C(=O)OC)CCCCC1.COC(=O)C1(N)CCCCC1.NC1(C(=O)O)CCCCC1.O=C1CCCCC1.O=C1NC(=O)C2(CCCCC2)N1. The zero-order valence-electron chi connectivity index (χ0n) is 62.0. The number of imide groups is 5. The van der Waals surface area contributed by atoms with Crippen LogP contribution in [-0.2, 0) is 76.4 Å². The summed E-state index contributed by atoms with van der Waals surface area (Å²) in [6, 6.07) is -1.33. The first-order valence-corrected chi connectivity index (χ1v) is 36.6. The number of hydrogen-bond acceptors (Lipinski definition) is 23. The molecule has 10 rings (SSSR count). The number of urea groups is 2. The maximum Gasteiger partial charge on any atom is 0.425 e. The van der Waals surface area contributed by atoms with Crippen LogP contribution in [0.15, 0.2) is 11.3 Å². The van der Waals surface area contributed by atoms with E-state index in [4.69, 9.17) is 40.3 Å². The van der Waals surface area contributed by atoms with E-state index in [1.165, 1.54) is 33.5 Å². The molecule has 7 aliphatic carbocycles. The van der Waals surface area contributed by atoms with Crippen molar-refractivity contribution in [2.45, 2.75) is 331 Å². The van der Waals surface area contributed by atoms with Gasteiger partial charge in [-0.25, -0.2) is 33.7 Å². The summed E-state index contributed by atoms with van der Waals surface area (Å²) in [4.78, 5) is 165. The van der Waals surface area contributed by atoms with Crippen LogP contribution < -0.4 is 32.7 Å². The largest absolute Gasteiger partial charge is 0.509 e. The first-order chi connectivity index (χ1) is 47.9. The standard InChI is InChI=1S/C18H28N2O6.C13H21NO5.C12H17NO4.C8H12N2O2.C8H15NO2.C7H13NO2.C6H10O/c1-16(2,3)25-14(23)19-12(21)18(10-8-7-9-11-18)20(13(19)22)15(24)26-17(4,5)6;1-3-19-11(16)9-10(15)14-13(12(17)18-2)7-5-4-6-8-13;1-2-17-11(16)8-9(14)12(13-10(8)15)6-4-3-5-7-12;11-6-8(10-7(12)9-6)4-2-1-3-5-8;1-11-7(10)8(9)5-3-2-4-6-8;8-7(6(9)10)4-2-1-3-5-7;7-6-4-2-1-3-5-6/h7-11H2,1-6H3;3-9H2,1-2H3,(H,14,15);14H,2-7H2,1H3,(H,13,15);1-5H2,(H2,9,10,11,12);2-6,9H2,1H3;1-5,8H2,(H,9,10);1-5H2. The molecule has 30 nitrogen and oxygen atoms in total. The van der Waals surface area contributed by atoms with Crippen molar-refractivity contribution in [2.75, 3.05) is 27.4 Å². The lowest BCUT2D eigenvalue weighted by atomic mass is 9.80. The maximum absolute atomic E-state index is 13.1. The molecule has 0 bridgehead atoms. The second-order valence-electron chi connectivity index (χ2n) is 29.9. The van der Waals surface area contributed by atoms with Crippen molar-refractivity contribution in [2.24, 2.45) is 11.5 Å². The number of carbonyl (C=O) groups excluding carboxylic acids is 13. The second kappa shape index (κ2) is 39.2. The molecule has 3 heterocycles. The average molecular weight is 1450 g/mol. The number of nitrogens with one attached hydrogen (secondary N) is 4. The van der Waals surface area contributed by atoms with E-state index in [9.17, 15) is 72.2 Å². The van der Waals surface area contributed by atoms with Gasteiger partial charge in [0.25, 0.3) is 17.7 Å². The van der Waals surface area contributed by atoms with E-state index in [0.29, 0.717) is 74.9 Å². The monoisotopic (exact) mass is 1440 g/mol. The highest BCUT2D eigenvalue weighted by atomic mass is 16.6. The third-order valence-corrected chi connectivity index (χ3v) is 19.6. The number of ether oxygens (including phenoxy) is 6. The highest BCUT2D eigenvalue weighted by molar-refractivity contribution is 6.21. The Hall–Kier alpha value is -7.76. The van der Waals surface area contributed by atoms with Crippen molar-refractivity contribution in [1.82, 2.24) is 31.1 Å². The fraction of sp³-hybridized carbons (Fsp3) is 0.778. The van der Waals surface area contributed by atoms with Gasteiger partial charge < -0.3 is 66.1 Å². The van der Waals surface area contributed by atoms with Crippen molar-refractivity contribution >= 4 is 83.5 Å². The van der Waals surface area contributed by atoms with Crippen molar-refractivity contribution in [1.29, 1.82) is 0 Å². The van der Waals surface area contributed by atoms with Crippen LogP contribution in [0.4, 0.5) is 19.2 Å². The van der Waals surface area contributed by atoms with Crippen molar-refractivity contribution in [3.8, 4) is 0 Å². The van der Waals surface area contributed by atoms with E-state index in [1.807, 2.05) is 0 Å². The van der Waals surface area contributed by atoms with Crippen LogP contribution >= 0.6 is 0 Å². The number of rotatable bonds is 9. The number of ketones is 1. The molecular weight excluding hydrogens is 1330 g/mol. The highest BCUT2D eigenvalue weighted by Crippen LogP contribution is 2.43. The van der Waals surface area contributed by atoms with Gasteiger partial charge >= 0.3 is 54.1 Å². The number of amides is 10. The van der Waals surface area contributed by atoms with Crippen LogP contribution in [0.3, 0.4) is 0 Å². The van der Waals surface area contributed by atoms with Crippen LogP contribution in [0.25, 0.3) is 0 Å². The molecule has 30 heteroatoms. The number of Topliss-reactive ketones (excluding diaryl/α,β-unsaturated/α-hetero) is 1. The summed E-state index contributed by atoms with van der Waals surface area (Å²) in [6.45, 7) is 13.7. The normalized spacial score (nSPS) is 21.8. The summed E-state index contributed by atoms with van der Waals surface area (Å²) in [5.41, 5.74) is 4.33. The summed E-state index contributed by atoms with van der Waals surface area (Å²) in [7, 11) is 2.70. The molecule has 0 radical (unpaired) electrons. The fourth-order valence-corrected chi connectivity index (χ4v) is 14.2. The van der Waals surface area contributed by atoms with E-state index in [2.05, 4.69) is 26.0 Å². The predicted molar refractivity (Wildman–Crippen MR) is 370 cm³/mol. The molecule has 2 saturated heterocycles. The first kappa shape index (κ1) is 86.6. The number of methoxy groups -OCH3 is 2. The lowest BCUT2D eigenvalue weighted by molar-refractivity contribution is -0.154. The van der Waals surface area contributed by atoms with Gasteiger partial charge in [-0.2, -0.15) is 4.90 Å². The van der Waals surface area contributed by atoms with E-state index in [-0.39, 0.29) is 48.9 Å². The molecule has 7 saturated carbocycles. The molecule has 0 aromatic carbocycles. The lowest BCUT2D eigenvalue weighted by Gasteiger charge is -2.37. The second-order valence-corrected chi connectivity index (χ2v) is 29.9. The molecule has 3 spiro atoms. The Balaban J connectivity index is 0.000000261. The summed E-state index contributed by atoms with van der Waals surface area (Å²) in [6.07, 6.45) is 28.0. The van der Waals surface area contributed by atoms with Crippen LogP contribution in [0.2, 0.25) is 0 Å². The lowest BCUT2D eigenvalue weighted by Crippen LogP contribution is -2.56. The molecule has 576 valence electrons. The van der Waals surface area contributed by atoms with Crippen LogP contribution in [0, 0.1) is 0 Å². The third-order valence-electron chi connectivity index (χ3n) is 19.6. The molecule has 0 aromatic heterocycles. The molecule has 0 unspecified atom stereocenters. The van der Waals surface area contributed by atoms with Crippen LogP contribution in [0.1, 0.15) is 287 Å². The number of carboxylic acid groups (broad SMARTS) is 1. The molecule has 0 aromatic rings. The molecule has 9 fully saturated rings. The Kier molecular flexibility index (Phi) is 33.3. The quantitative estimate of drug-likeness (QED) is 0.0350. The number of carboxylic acids is 1. The van der Waals surface area contributed by atoms with E-state index >= 15 is 0 Å². The van der Waals surface area contributed by atoms with Gasteiger partial charge in [0, 0.05) is 12.8 Å². The number of nitrogens with zero attached hydrogens (tertiary/aromatic N) is 2. The summed E-state index contributed by atoms with van der Waals surface area (Å²) < 4.78 is 29.4. The minimum atomic E-state index is -1.37. The molecule has 102 heavy (non-hydrogen) atoms. The Labute approximate surface area is 599 Å². The van der Waals surface area contributed by atoms with E-state index in [1.54, 1.807) is 55.4 Å². The number of aliphatic hydroxyl groups excluding tert-OH is 1. The fourth-order valence-electron chi connectivity index (χ4n) is 14.2. The van der Waals surface area contributed by atoms with Gasteiger partial charge in [-0.1, -0.05) is 122 Å². The van der Waals surface area contributed by atoms with Gasteiger partial charge in [-0.15, -0.1) is 0 Å². The highest BCUT2D eigenvalue weighted by Gasteiger charge is 2.63. The number of aliphatic hydroxyl groups is 1. The third kappa shape index (κ3) is 24.4. The Morgan fingerprint density at radius 2 is 0.951 bits per heavy atom. The van der Waals surface area contributed by atoms with Gasteiger partial charge in [-0.05, 0) is 145 Å². The summed E-state index contributed by atoms with van der Waals surface area (Å²) in [5, 5.41) is 29.2. The van der Waals surface area contributed by atoms with Gasteiger partial charge in [0.2, 0.25) is 5.91 Å². The van der Waals surface area contributed by atoms with E-state index in [0.717, 1.165) is 146 Å². The maximum atomic E-state index is 13.1. The van der Waals surface area contributed by atoms with Gasteiger partial charge in [-0.3, -0.25) is 43.7 Å². The number of aliphatic carboxylic acids is 1. The minimum absolute atomic E-state index is 0.124. The van der Waals surface area contributed by atoms with Crippen molar-refractivity contribution in [3.63, 3.8) is 0 Å². The Morgan fingerprint density at radius 1 is 0.529 bits per heavy atom. The summed E-state index contributed by atoms with van der Waals surface area (Å²) >= 11 is 0. The zero-order chi connectivity index (χ0) is 76.3. The van der Waals surface area contributed by atoms with Crippen molar-refractivity contribution in [3.05, 3.63) is 11.3 Å². The number of esters is 4. The topological polar surface area (TPSA) is 441 Å². The number of hydrogen-bond donors (Lipinski definition) is 8. The molecule has 3 aliphatic heterocycles. The molecular formula is C72H116N8O22. The zero-order valence-corrected chi connectivity index (χ0v) is 62.0. The van der Waals surface area contributed by atoms with Crippen LogP contribution in [-0.4, -0.2) is 175 Å². The van der Waals surface area contributed by atoms with Crippen molar-refractivity contribution < 1.29 is 106 Å². The Morgan fingerprint density at radius 3 is 1.35 bits per heavy atom. The molecule has 10 amide bonds. The summed E-state index contributed by atoms with van der Waals surface area (Å²) in [5.74, 6) is -4.36. The number of nitrogens with two attached hydrogens (primary N) is 2. The van der Waals surface area contributed by atoms with Gasteiger partial charge in [0.15, 0.2) is 5.57 Å². The minimum Gasteiger partial charge on any atom is -0.509 e. The smallest absolute Gasteiger partial charge is 0.425 e. The van der Waals surface area contributed by atoms with Gasteiger partial charge in [0.1, 0.15) is 56.9 Å². The Bertz CT molecular complexity index is 2980. The predicted octanol–water partition coefficient (Wildman–Crippen LogP) is 9.55. The van der Waals surface area contributed by atoms with Crippen LogP contribution in [0.5, 0.6) is 0 Å². The van der Waals surface area contributed by atoms with E-state index < -0.39 is 104 Å². The number of carbonyl (C=O) groups is 14. The van der Waals surface area contributed by atoms with Gasteiger partial charge in [0.05, 0.1) is 33.0 Å².